The zero-order chi connectivity index (χ0) is 12.5. The van der Waals surface area contributed by atoms with Crippen LogP contribution in [0.2, 0.25) is 0 Å². The van der Waals surface area contributed by atoms with Gasteiger partial charge >= 0.3 is 0 Å². The maximum absolute atomic E-state index is 12.0. The van der Waals surface area contributed by atoms with Crippen molar-refractivity contribution in [1.82, 2.24) is 10.3 Å². The molecule has 0 spiro atoms. The number of rotatable bonds is 2. The summed E-state index contributed by atoms with van der Waals surface area (Å²) < 4.78 is 0. The normalized spacial score (nSPS) is 22.4. The monoisotopic (exact) mass is 232 g/mol. The van der Waals surface area contributed by atoms with Crippen LogP contribution < -0.4 is 5.32 Å². The Hall–Kier alpha value is -1.38. The van der Waals surface area contributed by atoms with E-state index in [2.05, 4.69) is 24.1 Å². The molecule has 1 atom stereocenters. The maximum Gasteiger partial charge on any atom is 0.270 e. The molecule has 17 heavy (non-hydrogen) atoms. The highest BCUT2D eigenvalue weighted by Crippen LogP contribution is 2.36. The third-order valence-electron chi connectivity index (χ3n) is 3.42. The second kappa shape index (κ2) is 4.47. The summed E-state index contributed by atoms with van der Waals surface area (Å²) in [4.78, 5) is 16.2. The molecule has 0 saturated heterocycles. The lowest BCUT2D eigenvalue weighted by molar-refractivity contribution is 0.0931. The number of amides is 1. The first-order valence-electron chi connectivity index (χ1n) is 6.21. The number of carbonyl (C=O) groups is 1. The summed E-state index contributed by atoms with van der Waals surface area (Å²) in [5.41, 5.74) is 1.76. The van der Waals surface area contributed by atoms with Crippen LogP contribution in [0.4, 0.5) is 0 Å². The van der Waals surface area contributed by atoms with E-state index in [1.54, 1.807) is 6.07 Å². The van der Waals surface area contributed by atoms with Gasteiger partial charge in [0.2, 0.25) is 0 Å². The molecule has 0 aromatic carbocycles. The van der Waals surface area contributed by atoms with E-state index in [1.807, 2.05) is 19.1 Å². The topological polar surface area (TPSA) is 42.0 Å². The minimum Gasteiger partial charge on any atom is -0.348 e. The quantitative estimate of drug-likeness (QED) is 0.851. The van der Waals surface area contributed by atoms with Crippen LogP contribution in [0.5, 0.6) is 0 Å². The van der Waals surface area contributed by atoms with Gasteiger partial charge in [0.05, 0.1) is 0 Å². The van der Waals surface area contributed by atoms with Crippen LogP contribution >= 0.6 is 0 Å². The van der Waals surface area contributed by atoms with Crippen LogP contribution in [-0.4, -0.2) is 16.9 Å². The first-order chi connectivity index (χ1) is 7.96. The Balaban J connectivity index is 1.98. The summed E-state index contributed by atoms with van der Waals surface area (Å²) in [6.07, 6.45) is 3.31. The largest absolute Gasteiger partial charge is 0.348 e. The summed E-state index contributed by atoms with van der Waals surface area (Å²) in [5, 5.41) is 3.08. The second-order valence-corrected chi connectivity index (χ2v) is 5.74. The Morgan fingerprint density at radius 2 is 2.24 bits per heavy atom. The average Bonchev–Trinajstić information content (AvgIpc) is 2.58. The fourth-order valence-corrected chi connectivity index (χ4v) is 2.49. The van der Waals surface area contributed by atoms with Crippen LogP contribution in [0.3, 0.4) is 0 Å². The van der Waals surface area contributed by atoms with E-state index < -0.39 is 0 Å². The molecule has 1 heterocycles. The zero-order valence-electron chi connectivity index (χ0n) is 10.8. The lowest BCUT2D eigenvalue weighted by Crippen LogP contribution is -2.34. The van der Waals surface area contributed by atoms with Crippen LogP contribution in [-0.2, 0) is 0 Å². The smallest absolute Gasteiger partial charge is 0.270 e. The first kappa shape index (κ1) is 12.1. The van der Waals surface area contributed by atoms with Crippen molar-refractivity contribution in [2.75, 3.05) is 0 Å². The average molecular weight is 232 g/mol. The Bertz CT molecular complexity index is 426. The molecular weight excluding hydrogens is 212 g/mol. The van der Waals surface area contributed by atoms with Gasteiger partial charge in [-0.2, -0.15) is 0 Å². The van der Waals surface area contributed by atoms with Gasteiger partial charge in [0.25, 0.3) is 5.91 Å². The first-order valence-corrected chi connectivity index (χ1v) is 6.21. The molecule has 1 saturated carbocycles. The van der Waals surface area contributed by atoms with Crippen LogP contribution in [0.15, 0.2) is 18.2 Å². The Morgan fingerprint density at radius 1 is 1.47 bits per heavy atom. The van der Waals surface area contributed by atoms with E-state index in [4.69, 9.17) is 0 Å². The molecule has 3 heteroatoms. The van der Waals surface area contributed by atoms with Gasteiger partial charge in [-0.3, -0.25) is 4.79 Å². The highest BCUT2D eigenvalue weighted by molar-refractivity contribution is 5.92. The van der Waals surface area contributed by atoms with E-state index >= 15 is 0 Å². The van der Waals surface area contributed by atoms with E-state index in [0.717, 1.165) is 18.5 Å². The molecule has 1 N–H and O–H groups in total. The second-order valence-electron chi connectivity index (χ2n) is 5.74. The lowest BCUT2D eigenvalue weighted by Gasteiger charge is -2.17. The van der Waals surface area contributed by atoms with Crippen molar-refractivity contribution in [3.8, 4) is 0 Å². The molecule has 3 nitrogen and oxygen atoms in total. The molecule has 0 radical (unpaired) electrons. The van der Waals surface area contributed by atoms with Crippen molar-refractivity contribution in [3.63, 3.8) is 0 Å². The number of carbonyl (C=O) groups excluding carboxylic acids is 1. The van der Waals surface area contributed by atoms with E-state index in [9.17, 15) is 4.79 Å². The molecule has 0 aliphatic heterocycles. The van der Waals surface area contributed by atoms with Crippen LogP contribution in [0.1, 0.15) is 49.3 Å². The van der Waals surface area contributed by atoms with Gasteiger partial charge in [-0.1, -0.05) is 19.9 Å². The van der Waals surface area contributed by atoms with Crippen molar-refractivity contribution >= 4 is 5.91 Å². The van der Waals surface area contributed by atoms with E-state index in [0.29, 0.717) is 17.2 Å². The minimum absolute atomic E-state index is 0.0450. The molecule has 0 bridgehead atoms. The molecule has 92 valence electrons. The minimum atomic E-state index is -0.0450. The number of nitrogens with one attached hydrogen (secondary N) is 1. The Kier molecular flexibility index (Phi) is 3.18. The summed E-state index contributed by atoms with van der Waals surface area (Å²) >= 11 is 0. The molecule has 1 aliphatic carbocycles. The summed E-state index contributed by atoms with van der Waals surface area (Å²) in [6, 6.07) is 5.84. The molecule has 1 aliphatic rings. The summed E-state index contributed by atoms with van der Waals surface area (Å²) in [7, 11) is 0. The van der Waals surface area contributed by atoms with E-state index in [1.165, 1.54) is 6.42 Å². The fourth-order valence-electron chi connectivity index (χ4n) is 2.49. The van der Waals surface area contributed by atoms with Crippen molar-refractivity contribution < 1.29 is 4.79 Å². The number of nitrogens with zero attached hydrogens (tertiary/aromatic N) is 1. The zero-order valence-corrected chi connectivity index (χ0v) is 10.8. The highest BCUT2D eigenvalue weighted by Gasteiger charge is 2.31. The fraction of sp³-hybridized carbons (Fsp3) is 0.571. The van der Waals surface area contributed by atoms with Crippen molar-refractivity contribution in [2.24, 2.45) is 5.41 Å². The van der Waals surface area contributed by atoms with Gasteiger partial charge in [0, 0.05) is 11.7 Å². The summed E-state index contributed by atoms with van der Waals surface area (Å²) in [5.74, 6) is -0.0450. The van der Waals surface area contributed by atoms with Gasteiger partial charge in [0.15, 0.2) is 0 Å². The molecule has 2 rings (SSSR count). The predicted molar refractivity (Wildman–Crippen MR) is 67.9 cm³/mol. The Morgan fingerprint density at radius 3 is 2.82 bits per heavy atom. The lowest BCUT2D eigenvalue weighted by atomic mass is 9.92. The SMILES string of the molecule is Cc1cccc(C(=O)NC2CCC(C)(C)C2)n1. The van der Waals surface area contributed by atoms with Crippen molar-refractivity contribution in [1.29, 1.82) is 0 Å². The number of aromatic nitrogens is 1. The third kappa shape index (κ3) is 3.05. The van der Waals surface area contributed by atoms with E-state index in [-0.39, 0.29) is 5.91 Å². The van der Waals surface area contributed by atoms with Gasteiger partial charge in [-0.05, 0) is 43.7 Å². The van der Waals surface area contributed by atoms with Crippen molar-refractivity contribution in [3.05, 3.63) is 29.6 Å². The predicted octanol–water partition coefficient (Wildman–Crippen LogP) is 2.70. The number of aryl methyl sites for hydroxylation is 1. The van der Waals surface area contributed by atoms with Gasteiger partial charge in [0.1, 0.15) is 5.69 Å². The number of hydrogen-bond acceptors (Lipinski definition) is 2. The molecule has 1 aromatic heterocycles. The third-order valence-corrected chi connectivity index (χ3v) is 3.42. The maximum atomic E-state index is 12.0. The molecular formula is C14H20N2O. The standard InChI is InChI=1S/C14H20N2O/c1-10-5-4-6-12(15-10)13(17)16-11-7-8-14(2,3)9-11/h4-6,11H,7-9H2,1-3H3,(H,16,17). The molecule has 1 fully saturated rings. The van der Waals surface area contributed by atoms with Gasteiger partial charge < -0.3 is 5.32 Å². The van der Waals surface area contributed by atoms with Gasteiger partial charge in [-0.25, -0.2) is 4.98 Å². The van der Waals surface area contributed by atoms with Crippen molar-refractivity contribution in [2.45, 2.75) is 46.1 Å². The molecule has 1 amide bonds. The Labute approximate surface area is 103 Å². The van der Waals surface area contributed by atoms with Crippen LogP contribution in [0, 0.1) is 12.3 Å². The van der Waals surface area contributed by atoms with Crippen LogP contribution in [0.25, 0.3) is 0 Å². The molecule has 1 aromatic rings. The highest BCUT2D eigenvalue weighted by atomic mass is 16.1. The summed E-state index contributed by atoms with van der Waals surface area (Å²) in [6.45, 7) is 6.41. The number of hydrogen-bond donors (Lipinski definition) is 1. The van der Waals surface area contributed by atoms with Gasteiger partial charge in [-0.15, -0.1) is 0 Å². The number of pyridine rings is 1. The molecule has 1 unspecified atom stereocenters.